The summed E-state index contributed by atoms with van der Waals surface area (Å²) in [4.78, 5) is 0. The number of unbranched alkanes of at least 4 members (excludes halogenated alkanes) is 2. The van der Waals surface area contributed by atoms with Crippen molar-refractivity contribution in [2.45, 2.75) is 39.0 Å². The van der Waals surface area contributed by atoms with E-state index in [9.17, 15) is 0 Å². The summed E-state index contributed by atoms with van der Waals surface area (Å²) in [6.45, 7) is 4.48. The quantitative estimate of drug-likeness (QED) is 0.470. The molecule has 0 aliphatic carbocycles. The van der Waals surface area contributed by atoms with Gasteiger partial charge in [-0.1, -0.05) is 69.2 Å². The molecule has 0 saturated heterocycles. The Bertz CT molecular complexity index is 259. The summed E-state index contributed by atoms with van der Waals surface area (Å²) in [5.41, 5.74) is 1.40. The van der Waals surface area contributed by atoms with Crippen LogP contribution in [0.15, 0.2) is 42.5 Å². The highest BCUT2D eigenvalue weighted by Crippen LogP contribution is 2.16. The maximum atomic E-state index is 2.31. The number of allylic oxidation sites excluding steroid dienone is 2. The molecular formula is C14H20. The molecule has 0 N–H and O–H groups in total. The Morgan fingerprint density at radius 3 is 2.57 bits per heavy atom. The van der Waals surface area contributed by atoms with Crippen LogP contribution in [0.1, 0.15) is 44.6 Å². The fourth-order valence-electron chi connectivity index (χ4n) is 1.49. The average molecular weight is 188 g/mol. The Kier molecular flexibility index (Phi) is 5.06. The van der Waals surface area contributed by atoms with Crippen LogP contribution >= 0.6 is 0 Å². The Hall–Kier alpha value is -1.04. The summed E-state index contributed by atoms with van der Waals surface area (Å²) in [7, 11) is 0. The maximum absolute atomic E-state index is 2.31. The Balaban J connectivity index is 2.42. The molecule has 0 spiro atoms. The average Bonchev–Trinajstić information content (AvgIpc) is 2.25. The molecule has 0 nitrogen and oxygen atoms in total. The van der Waals surface area contributed by atoms with Gasteiger partial charge < -0.3 is 0 Å². The van der Waals surface area contributed by atoms with Crippen LogP contribution in [-0.2, 0) is 0 Å². The van der Waals surface area contributed by atoms with E-state index in [1.807, 2.05) is 0 Å². The Morgan fingerprint density at radius 2 is 1.93 bits per heavy atom. The zero-order valence-electron chi connectivity index (χ0n) is 9.24. The molecule has 14 heavy (non-hydrogen) atoms. The first-order chi connectivity index (χ1) is 6.84. The van der Waals surface area contributed by atoms with Gasteiger partial charge in [0, 0.05) is 0 Å². The molecule has 0 aliphatic rings. The first kappa shape index (κ1) is 11.0. The predicted molar refractivity (Wildman–Crippen MR) is 63.5 cm³/mol. The largest absolute Gasteiger partial charge is 0.0879 e. The highest BCUT2D eigenvalue weighted by molar-refractivity contribution is 5.22. The summed E-state index contributed by atoms with van der Waals surface area (Å²) in [5.74, 6) is 0.549. The molecule has 0 fully saturated rings. The normalized spacial score (nSPS) is 13.3. The second kappa shape index (κ2) is 6.42. The molecule has 1 atom stereocenters. The van der Waals surface area contributed by atoms with Crippen LogP contribution in [0.3, 0.4) is 0 Å². The second-order valence-corrected chi connectivity index (χ2v) is 3.77. The third-order valence-corrected chi connectivity index (χ3v) is 2.47. The van der Waals surface area contributed by atoms with E-state index in [4.69, 9.17) is 0 Å². The minimum absolute atomic E-state index is 0.549. The molecule has 0 aliphatic heterocycles. The lowest BCUT2D eigenvalue weighted by atomic mass is 10.0. The lowest BCUT2D eigenvalue weighted by molar-refractivity contribution is 0.808. The van der Waals surface area contributed by atoms with Crippen molar-refractivity contribution < 1.29 is 0 Å². The third kappa shape index (κ3) is 3.78. The van der Waals surface area contributed by atoms with Crippen molar-refractivity contribution in [1.82, 2.24) is 0 Å². The maximum Gasteiger partial charge on any atom is -0.00104 e. The Morgan fingerprint density at radius 1 is 1.21 bits per heavy atom. The van der Waals surface area contributed by atoms with E-state index in [2.05, 4.69) is 56.3 Å². The third-order valence-electron chi connectivity index (χ3n) is 2.47. The lowest BCUT2D eigenvalue weighted by Crippen LogP contribution is -1.87. The van der Waals surface area contributed by atoms with E-state index in [1.54, 1.807) is 0 Å². The summed E-state index contributed by atoms with van der Waals surface area (Å²) in [5, 5.41) is 0. The SMILES string of the molecule is CCCC/C=C\C(C)c1ccccc1. The van der Waals surface area contributed by atoms with Gasteiger partial charge >= 0.3 is 0 Å². The molecule has 0 saturated carbocycles. The molecule has 1 unspecified atom stereocenters. The highest BCUT2D eigenvalue weighted by atomic mass is 14.0. The van der Waals surface area contributed by atoms with Gasteiger partial charge in [-0.2, -0.15) is 0 Å². The number of hydrogen-bond acceptors (Lipinski definition) is 0. The standard InChI is InChI=1S/C14H20/c1-3-4-5-7-10-13(2)14-11-8-6-9-12-14/h6-13H,3-5H2,1-2H3/b10-7-. The van der Waals surface area contributed by atoms with Crippen LogP contribution in [0.5, 0.6) is 0 Å². The number of benzene rings is 1. The monoisotopic (exact) mass is 188 g/mol. The van der Waals surface area contributed by atoms with Crippen molar-refractivity contribution >= 4 is 0 Å². The van der Waals surface area contributed by atoms with Crippen molar-refractivity contribution in [3.63, 3.8) is 0 Å². The molecule has 1 rings (SSSR count). The topological polar surface area (TPSA) is 0 Å². The van der Waals surface area contributed by atoms with Crippen molar-refractivity contribution in [2.75, 3.05) is 0 Å². The zero-order chi connectivity index (χ0) is 10.2. The van der Waals surface area contributed by atoms with Crippen LogP contribution in [-0.4, -0.2) is 0 Å². The van der Waals surface area contributed by atoms with Crippen molar-refractivity contribution in [1.29, 1.82) is 0 Å². The molecule has 0 amide bonds. The van der Waals surface area contributed by atoms with E-state index in [-0.39, 0.29) is 0 Å². The van der Waals surface area contributed by atoms with E-state index in [0.717, 1.165) is 0 Å². The first-order valence-corrected chi connectivity index (χ1v) is 5.56. The van der Waals surface area contributed by atoms with Gasteiger partial charge in [-0.15, -0.1) is 0 Å². The predicted octanol–water partition coefficient (Wildman–Crippen LogP) is 4.54. The molecule has 0 heteroatoms. The minimum Gasteiger partial charge on any atom is -0.0879 e. The van der Waals surface area contributed by atoms with Gasteiger partial charge in [0.15, 0.2) is 0 Å². The van der Waals surface area contributed by atoms with E-state index in [0.29, 0.717) is 5.92 Å². The van der Waals surface area contributed by atoms with Gasteiger partial charge in [0.1, 0.15) is 0 Å². The molecule has 0 bridgehead atoms. The minimum atomic E-state index is 0.549. The van der Waals surface area contributed by atoms with Crippen LogP contribution in [0.25, 0.3) is 0 Å². The fraction of sp³-hybridized carbons (Fsp3) is 0.429. The van der Waals surface area contributed by atoms with Gasteiger partial charge in [0.2, 0.25) is 0 Å². The summed E-state index contributed by atoms with van der Waals surface area (Å²) in [6, 6.07) is 10.7. The van der Waals surface area contributed by atoms with Gasteiger partial charge in [0.05, 0.1) is 0 Å². The fourth-order valence-corrected chi connectivity index (χ4v) is 1.49. The van der Waals surface area contributed by atoms with Gasteiger partial charge in [-0.3, -0.25) is 0 Å². The summed E-state index contributed by atoms with van der Waals surface area (Å²) < 4.78 is 0. The second-order valence-electron chi connectivity index (χ2n) is 3.77. The van der Waals surface area contributed by atoms with Crippen LogP contribution in [0.2, 0.25) is 0 Å². The molecule has 0 aromatic heterocycles. The van der Waals surface area contributed by atoms with E-state index < -0.39 is 0 Å². The van der Waals surface area contributed by atoms with Gasteiger partial charge in [-0.05, 0) is 17.9 Å². The number of hydrogen-bond donors (Lipinski definition) is 0. The van der Waals surface area contributed by atoms with Crippen molar-refractivity contribution in [3.05, 3.63) is 48.0 Å². The molecule has 0 radical (unpaired) electrons. The highest BCUT2D eigenvalue weighted by Gasteiger charge is 1.98. The summed E-state index contributed by atoms with van der Waals surface area (Å²) >= 11 is 0. The smallest absolute Gasteiger partial charge is 0.00104 e. The Labute approximate surface area is 87.7 Å². The van der Waals surface area contributed by atoms with Gasteiger partial charge in [-0.25, -0.2) is 0 Å². The summed E-state index contributed by atoms with van der Waals surface area (Å²) in [6.07, 6.45) is 8.42. The lowest BCUT2D eigenvalue weighted by Gasteiger charge is -2.05. The molecular weight excluding hydrogens is 168 g/mol. The molecule has 1 aromatic carbocycles. The van der Waals surface area contributed by atoms with E-state index >= 15 is 0 Å². The number of rotatable bonds is 5. The molecule has 0 heterocycles. The van der Waals surface area contributed by atoms with Gasteiger partial charge in [0.25, 0.3) is 0 Å². The van der Waals surface area contributed by atoms with Crippen molar-refractivity contribution in [3.8, 4) is 0 Å². The first-order valence-electron chi connectivity index (χ1n) is 5.56. The molecule has 76 valence electrons. The van der Waals surface area contributed by atoms with Crippen LogP contribution in [0.4, 0.5) is 0 Å². The molecule has 1 aromatic rings. The van der Waals surface area contributed by atoms with Crippen LogP contribution < -0.4 is 0 Å². The van der Waals surface area contributed by atoms with Crippen molar-refractivity contribution in [2.24, 2.45) is 0 Å². The van der Waals surface area contributed by atoms with E-state index in [1.165, 1.54) is 24.8 Å². The zero-order valence-corrected chi connectivity index (χ0v) is 9.24. The van der Waals surface area contributed by atoms with Crippen LogP contribution in [0, 0.1) is 0 Å².